The van der Waals surface area contributed by atoms with Gasteiger partial charge in [0.05, 0.1) is 9.77 Å². The van der Waals surface area contributed by atoms with Gasteiger partial charge in [0, 0.05) is 26.2 Å². The molecule has 0 aliphatic carbocycles. The van der Waals surface area contributed by atoms with Gasteiger partial charge in [-0.3, -0.25) is 9.59 Å². The van der Waals surface area contributed by atoms with Crippen molar-refractivity contribution in [2.24, 2.45) is 5.92 Å². The van der Waals surface area contributed by atoms with E-state index in [2.05, 4.69) is 4.72 Å². The summed E-state index contributed by atoms with van der Waals surface area (Å²) in [7, 11) is -3.89. The fourth-order valence-corrected chi connectivity index (χ4v) is 5.99. The van der Waals surface area contributed by atoms with Gasteiger partial charge in [-0.25, -0.2) is 8.42 Å². The Balaban J connectivity index is 1.45. The summed E-state index contributed by atoms with van der Waals surface area (Å²) in [5, 5.41) is 3.63. The molecule has 33 heavy (non-hydrogen) atoms. The minimum absolute atomic E-state index is 0.0329. The molecule has 1 atom stereocenters. The van der Waals surface area contributed by atoms with Crippen LogP contribution < -0.4 is 4.72 Å². The molecule has 174 valence electrons. The molecular formula is C24H27N3O4S2. The Bertz CT molecular complexity index is 1250. The molecule has 1 aromatic heterocycles. The molecule has 1 fully saturated rings. The average molecular weight is 486 g/mol. The Labute approximate surface area is 198 Å². The molecule has 7 nitrogen and oxygen atoms in total. The summed E-state index contributed by atoms with van der Waals surface area (Å²) < 4.78 is 28.9. The summed E-state index contributed by atoms with van der Waals surface area (Å²) in [6.07, 6.45) is 0. The number of carbonyl (C=O) groups excluding carboxylic acids is 2. The van der Waals surface area contributed by atoms with Crippen LogP contribution in [-0.2, 0) is 14.8 Å². The number of nitrogens with zero attached hydrogens (tertiary/aromatic N) is 2. The van der Waals surface area contributed by atoms with E-state index in [0.29, 0.717) is 31.1 Å². The van der Waals surface area contributed by atoms with Crippen LogP contribution in [0.1, 0.15) is 23.5 Å². The molecule has 0 unspecified atom stereocenters. The first-order valence-electron chi connectivity index (χ1n) is 10.9. The van der Waals surface area contributed by atoms with Gasteiger partial charge in [-0.05, 0) is 40.3 Å². The minimum atomic E-state index is -3.89. The zero-order chi connectivity index (χ0) is 23.6. The van der Waals surface area contributed by atoms with E-state index in [0.717, 1.165) is 10.8 Å². The van der Waals surface area contributed by atoms with Gasteiger partial charge in [-0.2, -0.15) is 4.72 Å². The third-order valence-electron chi connectivity index (χ3n) is 5.86. The third-order valence-corrected chi connectivity index (χ3v) is 8.15. The smallest absolute Gasteiger partial charge is 0.264 e. The van der Waals surface area contributed by atoms with Crippen molar-refractivity contribution >= 4 is 43.9 Å². The molecule has 0 radical (unpaired) electrons. The summed E-state index contributed by atoms with van der Waals surface area (Å²) in [5.41, 5.74) is 0. The number of benzene rings is 2. The molecule has 2 aromatic carbocycles. The lowest BCUT2D eigenvalue weighted by atomic mass is 10.0. The van der Waals surface area contributed by atoms with Crippen LogP contribution in [0.4, 0.5) is 0 Å². The first kappa shape index (κ1) is 23.4. The first-order chi connectivity index (χ1) is 15.8. The Kier molecular flexibility index (Phi) is 6.83. The number of thiophene rings is 1. The molecule has 9 heteroatoms. The van der Waals surface area contributed by atoms with Crippen molar-refractivity contribution in [2.45, 2.75) is 24.8 Å². The number of hydrogen-bond acceptors (Lipinski definition) is 5. The monoisotopic (exact) mass is 485 g/mol. The Morgan fingerprint density at radius 1 is 0.909 bits per heavy atom. The van der Waals surface area contributed by atoms with E-state index in [1.165, 1.54) is 11.3 Å². The first-order valence-corrected chi connectivity index (χ1v) is 13.3. The van der Waals surface area contributed by atoms with E-state index in [4.69, 9.17) is 0 Å². The van der Waals surface area contributed by atoms with Crippen molar-refractivity contribution in [3.8, 4) is 0 Å². The third kappa shape index (κ3) is 5.10. The van der Waals surface area contributed by atoms with Crippen LogP contribution in [0.3, 0.4) is 0 Å². The molecule has 2 heterocycles. The van der Waals surface area contributed by atoms with Crippen LogP contribution in [-0.4, -0.2) is 62.3 Å². The Morgan fingerprint density at radius 3 is 2.21 bits per heavy atom. The summed E-state index contributed by atoms with van der Waals surface area (Å²) in [5.74, 6) is -0.536. The van der Waals surface area contributed by atoms with Crippen molar-refractivity contribution in [3.63, 3.8) is 0 Å². The Morgan fingerprint density at radius 2 is 1.58 bits per heavy atom. The maximum absolute atomic E-state index is 13.3. The van der Waals surface area contributed by atoms with Crippen LogP contribution in [0.25, 0.3) is 10.8 Å². The maximum atomic E-state index is 13.3. The van der Waals surface area contributed by atoms with Crippen LogP contribution in [0.5, 0.6) is 0 Å². The number of rotatable bonds is 6. The normalized spacial score (nSPS) is 15.7. The van der Waals surface area contributed by atoms with Gasteiger partial charge in [0.1, 0.15) is 6.04 Å². The number of carbonyl (C=O) groups is 2. The number of sulfonamides is 1. The van der Waals surface area contributed by atoms with E-state index >= 15 is 0 Å². The van der Waals surface area contributed by atoms with E-state index in [9.17, 15) is 18.0 Å². The SMILES string of the molecule is CC(C)[C@H](NS(=O)(=O)c1ccc2ccccc2c1)C(=O)N1CCN(C(=O)c2cccs2)CC1. The molecule has 0 saturated carbocycles. The number of nitrogens with one attached hydrogen (secondary N) is 1. The second-order valence-corrected chi connectivity index (χ2v) is 11.1. The fourth-order valence-electron chi connectivity index (χ4n) is 3.92. The lowest BCUT2D eigenvalue weighted by Crippen LogP contribution is -2.57. The molecule has 1 N–H and O–H groups in total. The fraction of sp³-hybridized carbons (Fsp3) is 0.333. The van der Waals surface area contributed by atoms with Crippen molar-refractivity contribution in [2.75, 3.05) is 26.2 Å². The number of amides is 2. The van der Waals surface area contributed by atoms with Gasteiger partial charge in [-0.15, -0.1) is 11.3 Å². The number of hydrogen-bond donors (Lipinski definition) is 1. The van der Waals surface area contributed by atoms with Crippen molar-refractivity contribution in [1.82, 2.24) is 14.5 Å². The molecule has 1 saturated heterocycles. The van der Waals surface area contributed by atoms with E-state index < -0.39 is 16.1 Å². The molecular weight excluding hydrogens is 458 g/mol. The predicted molar refractivity (Wildman–Crippen MR) is 130 cm³/mol. The summed E-state index contributed by atoms with van der Waals surface area (Å²) in [4.78, 5) is 30.0. The van der Waals surface area contributed by atoms with E-state index in [-0.39, 0.29) is 22.6 Å². The number of fused-ring (bicyclic) bond motifs is 1. The van der Waals surface area contributed by atoms with Crippen molar-refractivity contribution < 1.29 is 18.0 Å². The largest absolute Gasteiger partial charge is 0.338 e. The summed E-state index contributed by atoms with van der Waals surface area (Å²) in [6, 6.07) is 15.2. The standard InChI is InChI=1S/C24H27N3O4S2/c1-17(2)22(25-33(30,31)20-10-9-18-6-3-4-7-19(18)16-20)24(29)27-13-11-26(12-14-27)23(28)21-8-5-15-32-21/h3-10,15-17,22,25H,11-14H2,1-2H3/t22-/m0/s1. The van der Waals surface area contributed by atoms with Crippen molar-refractivity contribution in [1.29, 1.82) is 0 Å². The zero-order valence-corrected chi connectivity index (χ0v) is 20.2. The van der Waals surface area contributed by atoms with Gasteiger partial charge in [0.25, 0.3) is 5.91 Å². The second-order valence-electron chi connectivity index (χ2n) is 8.45. The summed E-state index contributed by atoms with van der Waals surface area (Å²) in [6.45, 7) is 5.23. The molecule has 0 bridgehead atoms. The highest BCUT2D eigenvalue weighted by Gasteiger charge is 2.34. The van der Waals surface area contributed by atoms with Crippen LogP contribution in [0.2, 0.25) is 0 Å². The average Bonchev–Trinajstić information content (AvgIpc) is 3.36. The van der Waals surface area contributed by atoms with Crippen molar-refractivity contribution in [3.05, 3.63) is 64.9 Å². The summed E-state index contributed by atoms with van der Waals surface area (Å²) >= 11 is 1.40. The topological polar surface area (TPSA) is 86.8 Å². The quantitative estimate of drug-likeness (QED) is 0.581. The van der Waals surface area contributed by atoms with Gasteiger partial charge >= 0.3 is 0 Å². The second kappa shape index (κ2) is 9.62. The molecule has 1 aliphatic rings. The zero-order valence-electron chi connectivity index (χ0n) is 18.6. The lowest BCUT2D eigenvalue weighted by molar-refractivity contribution is -0.135. The molecule has 3 aromatic rings. The van der Waals surface area contributed by atoms with Gasteiger partial charge in [-0.1, -0.05) is 50.2 Å². The molecule has 2 amide bonds. The van der Waals surface area contributed by atoms with Gasteiger partial charge in [0.15, 0.2) is 0 Å². The van der Waals surface area contributed by atoms with Gasteiger partial charge in [0.2, 0.25) is 15.9 Å². The van der Waals surface area contributed by atoms with Crippen LogP contribution in [0, 0.1) is 5.92 Å². The van der Waals surface area contributed by atoms with E-state index in [1.807, 2.05) is 49.6 Å². The number of piperazine rings is 1. The molecule has 4 rings (SSSR count). The van der Waals surface area contributed by atoms with E-state index in [1.54, 1.807) is 34.1 Å². The molecule has 1 aliphatic heterocycles. The minimum Gasteiger partial charge on any atom is -0.338 e. The highest BCUT2D eigenvalue weighted by Crippen LogP contribution is 2.21. The highest BCUT2D eigenvalue weighted by molar-refractivity contribution is 7.89. The van der Waals surface area contributed by atoms with Crippen LogP contribution >= 0.6 is 11.3 Å². The predicted octanol–water partition coefficient (Wildman–Crippen LogP) is 3.19. The molecule has 0 spiro atoms. The Hall–Kier alpha value is -2.75. The van der Waals surface area contributed by atoms with Gasteiger partial charge < -0.3 is 9.80 Å². The highest BCUT2D eigenvalue weighted by atomic mass is 32.2. The lowest BCUT2D eigenvalue weighted by Gasteiger charge is -2.37. The maximum Gasteiger partial charge on any atom is 0.264 e. The van der Waals surface area contributed by atoms with Crippen LogP contribution in [0.15, 0.2) is 64.9 Å².